The van der Waals surface area contributed by atoms with Crippen molar-refractivity contribution in [2.45, 2.75) is 92.1 Å². The second-order valence-corrected chi connectivity index (χ2v) is 22.4. The standard InChI is InChI=1S/C74H64O24/c75-55-52(41-88-73-62(96-70(83)50-37-21-7-22-38-50)60(94-68(81)48-33-17-5-18-34-48)57(92-66(79)46-29-13-3-14-30-46)53(90-73)42-86-64(77)44-25-9-1-10-26-44)89-72(85)56(76)59(55)98-74-63(97-71(84)51-39-23-8-24-40-51)61(95-69(82)49-35-19-6-20-36-49)58(93-67(80)47-31-15-4-16-32-47)54(91-74)43-87-65(78)45-27-11-2-12-28-45/h1-40,52-63,72-76,85H,41-43H2/t52-,53-,54-,55+,56-,57+,58+,59+,60+,61+,62-,63-,72-,73-,74+/m1/s1. The van der Waals surface area contributed by atoms with Gasteiger partial charge in [-0.3, -0.25) is 0 Å². The van der Waals surface area contributed by atoms with Gasteiger partial charge in [0.1, 0.15) is 49.8 Å². The second kappa shape index (κ2) is 32.8. The van der Waals surface area contributed by atoms with Crippen molar-refractivity contribution in [2.24, 2.45) is 0 Å². The van der Waals surface area contributed by atoms with Crippen LogP contribution in [-0.4, -0.2) is 175 Å². The van der Waals surface area contributed by atoms with Gasteiger partial charge in [0.2, 0.25) is 0 Å². The van der Waals surface area contributed by atoms with Crippen LogP contribution in [0.4, 0.5) is 0 Å². The summed E-state index contributed by atoms with van der Waals surface area (Å²) in [5.41, 5.74) is 0.0981. The number of hydrogen-bond acceptors (Lipinski definition) is 24. The zero-order valence-corrected chi connectivity index (χ0v) is 51.8. The summed E-state index contributed by atoms with van der Waals surface area (Å²) in [4.78, 5) is 113. The Morgan fingerprint density at radius 3 is 0.827 bits per heavy atom. The Balaban J connectivity index is 0.952. The molecule has 8 aromatic carbocycles. The van der Waals surface area contributed by atoms with Gasteiger partial charge in [0.05, 0.1) is 51.1 Å². The average molecular weight is 1340 g/mol. The van der Waals surface area contributed by atoms with Crippen LogP contribution < -0.4 is 0 Å². The lowest BCUT2D eigenvalue weighted by Gasteiger charge is -2.48. The molecule has 0 spiro atoms. The van der Waals surface area contributed by atoms with Crippen LogP contribution in [0.25, 0.3) is 0 Å². The van der Waals surface area contributed by atoms with E-state index in [0.29, 0.717) is 0 Å². The predicted octanol–water partition coefficient (Wildman–Crippen LogP) is 7.34. The van der Waals surface area contributed by atoms with E-state index in [4.69, 9.17) is 61.6 Å². The molecule has 3 fully saturated rings. The third-order valence-corrected chi connectivity index (χ3v) is 15.9. The van der Waals surface area contributed by atoms with Crippen molar-refractivity contribution < 1.29 is 115 Å². The molecule has 0 aliphatic carbocycles. The van der Waals surface area contributed by atoms with Crippen LogP contribution in [0.1, 0.15) is 82.9 Å². The molecular formula is C74H64O24. The zero-order valence-electron chi connectivity index (χ0n) is 51.8. The van der Waals surface area contributed by atoms with E-state index in [2.05, 4.69) is 0 Å². The van der Waals surface area contributed by atoms with Gasteiger partial charge >= 0.3 is 47.8 Å². The number of ether oxygens (including phenoxy) is 13. The van der Waals surface area contributed by atoms with Crippen molar-refractivity contribution in [1.82, 2.24) is 0 Å². The van der Waals surface area contributed by atoms with E-state index >= 15 is 0 Å². The van der Waals surface area contributed by atoms with E-state index in [9.17, 15) is 53.7 Å². The third kappa shape index (κ3) is 17.1. The molecule has 3 aliphatic heterocycles. The van der Waals surface area contributed by atoms with Gasteiger partial charge in [-0.1, -0.05) is 146 Å². The minimum Gasteiger partial charge on any atom is -0.459 e. The first-order valence-electron chi connectivity index (χ1n) is 31.0. The Hall–Kier alpha value is -10.8. The topological polar surface area (TPSA) is 317 Å². The molecule has 0 saturated carbocycles. The average Bonchev–Trinajstić information content (AvgIpc) is 0.780. The summed E-state index contributed by atoms with van der Waals surface area (Å²) in [7, 11) is 0. The maximum Gasteiger partial charge on any atom is 0.338 e. The smallest absolute Gasteiger partial charge is 0.338 e. The first-order chi connectivity index (χ1) is 47.7. The number of carbonyl (C=O) groups is 8. The second-order valence-electron chi connectivity index (χ2n) is 22.4. The fraction of sp³-hybridized carbons (Fsp3) is 0.243. The Morgan fingerprint density at radius 2 is 0.520 bits per heavy atom. The van der Waals surface area contributed by atoms with E-state index in [0.717, 1.165) is 0 Å². The normalized spacial score (nSPS) is 25.0. The van der Waals surface area contributed by atoms with Gasteiger partial charge in [0, 0.05) is 0 Å². The summed E-state index contributed by atoms with van der Waals surface area (Å²) in [6.07, 6.45) is -29.7. The SMILES string of the molecule is O=C(OC[C@H]1O[C@@H](OC[C@H]2O[C@@H](O)[C@H](O)[C@@H](O[C@@H]3O[C@H](COC(=O)c4ccccc4)[C@H](OC(=O)c4ccccc4)[C@H](OC(=O)c4ccccc4)[C@H]3OC(=O)c3ccccc3)[C@H]2O)[C@H](OC(=O)c2ccccc2)[C@@H](OC(=O)c2ccccc2)[C@H]1OC(=O)c1ccccc1)c1ccccc1. The summed E-state index contributed by atoms with van der Waals surface area (Å²) in [6.45, 7) is -2.47. The van der Waals surface area contributed by atoms with Crippen LogP contribution in [-0.2, 0) is 61.6 Å². The highest BCUT2D eigenvalue weighted by Gasteiger charge is 2.58. The van der Waals surface area contributed by atoms with E-state index < -0.39 is 160 Å². The lowest BCUT2D eigenvalue weighted by atomic mass is 9.96. The van der Waals surface area contributed by atoms with Gasteiger partial charge in [-0.15, -0.1) is 0 Å². The number of hydrogen-bond donors (Lipinski definition) is 3. The lowest BCUT2D eigenvalue weighted by Crippen LogP contribution is -2.67. The number of rotatable bonds is 23. The molecule has 504 valence electrons. The number of aliphatic hydroxyl groups excluding tert-OH is 3. The van der Waals surface area contributed by atoms with Crippen molar-refractivity contribution in [3.63, 3.8) is 0 Å². The third-order valence-electron chi connectivity index (χ3n) is 15.9. The molecule has 0 amide bonds. The zero-order chi connectivity index (χ0) is 68.5. The summed E-state index contributed by atoms with van der Waals surface area (Å²) >= 11 is 0. The molecule has 0 bridgehead atoms. The molecule has 0 aromatic heterocycles. The number of carbonyl (C=O) groups excluding carboxylic acids is 8. The number of aliphatic hydroxyl groups is 3. The van der Waals surface area contributed by atoms with Crippen LogP contribution in [0.2, 0.25) is 0 Å². The molecule has 3 N–H and O–H groups in total. The van der Waals surface area contributed by atoms with Gasteiger partial charge in [0.25, 0.3) is 0 Å². The fourth-order valence-electron chi connectivity index (χ4n) is 10.9. The molecule has 24 nitrogen and oxygen atoms in total. The minimum absolute atomic E-state index is 0.00363. The highest BCUT2D eigenvalue weighted by atomic mass is 16.8. The predicted molar refractivity (Wildman–Crippen MR) is 338 cm³/mol. The van der Waals surface area contributed by atoms with E-state index in [1.807, 2.05) is 0 Å². The van der Waals surface area contributed by atoms with Crippen molar-refractivity contribution in [2.75, 3.05) is 19.8 Å². The van der Waals surface area contributed by atoms with E-state index in [1.54, 1.807) is 121 Å². The Labute approximate surface area is 559 Å². The molecular weight excluding hydrogens is 1270 g/mol. The molecule has 3 aliphatic rings. The Kier molecular flexibility index (Phi) is 22.9. The summed E-state index contributed by atoms with van der Waals surface area (Å²) in [6, 6.07) is 61.0. The highest BCUT2D eigenvalue weighted by Crippen LogP contribution is 2.37. The van der Waals surface area contributed by atoms with E-state index in [-0.39, 0.29) is 44.5 Å². The van der Waals surface area contributed by atoms with Crippen LogP contribution in [0.5, 0.6) is 0 Å². The Morgan fingerprint density at radius 1 is 0.265 bits per heavy atom. The summed E-state index contributed by atoms with van der Waals surface area (Å²) in [5.74, 6) is -7.93. The van der Waals surface area contributed by atoms with E-state index in [1.165, 1.54) is 121 Å². The first-order valence-corrected chi connectivity index (χ1v) is 31.0. The molecule has 3 heterocycles. The van der Waals surface area contributed by atoms with Crippen LogP contribution in [0.15, 0.2) is 243 Å². The Bertz CT molecular complexity index is 3970. The maximum absolute atomic E-state index is 14.4. The molecule has 3 saturated heterocycles. The van der Waals surface area contributed by atoms with Gasteiger partial charge in [-0.2, -0.15) is 0 Å². The minimum atomic E-state index is -2.29. The largest absolute Gasteiger partial charge is 0.459 e. The summed E-state index contributed by atoms with van der Waals surface area (Å²) < 4.78 is 80.2. The molecule has 8 aromatic rings. The van der Waals surface area contributed by atoms with Crippen molar-refractivity contribution >= 4 is 47.8 Å². The van der Waals surface area contributed by atoms with Crippen molar-refractivity contribution in [3.05, 3.63) is 287 Å². The highest BCUT2D eigenvalue weighted by molar-refractivity contribution is 5.93. The molecule has 24 heteroatoms. The van der Waals surface area contributed by atoms with Crippen LogP contribution in [0, 0.1) is 0 Å². The number of esters is 8. The first kappa shape index (κ1) is 68.6. The molecule has 15 atom stereocenters. The lowest BCUT2D eigenvalue weighted by molar-refractivity contribution is -0.360. The summed E-state index contributed by atoms with van der Waals surface area (Å²) in [5, 5.41) is 36.1. The molecule has 11 rings (SSSR count). The quantitative estimate of drug-likeness (QED) is 0.0416. The van der Waals surface area contributed by atoms with Crippen LogP contribution in [0.3, 0.4) is 0 Å². The molecule has 98 heavy (non-hydrogen) atoms. The van der Waals surface area contributed by atoms with Gasteiger partial charge < -0.3 is 76.9 Å². The van der Waals surface area contributed by atoms with Gasteiger partial charge in [-0.05, 0) is 97.1 Å². The molecule has 0 unspecified atom stereocenters. The number of benzene rings is 8. The monoisotopic (exact) mass is 1340 g/mol. The molecule has 0 radical (unpaired) electrons. The fourth-order valence-corrected chi connectivity index (χ4v) is 10.9. The van der Waals surface area contributed by atoms with Gasteiger partial charge in [0.15, 0.2) is 55.5 Å². The van der Waals surface area contributed by atoms with Crippen molar-refractivity contribution in [3.8, 4) is 0 Å². The maximum atomic E-state index is 14.4. The van der Waals surface area contributed by atoms with Crippen molar-refractivity contribution in [1.29, 1.82) is 0 Å². The van der Waals surface area contributed by atoms with Crippen LogP contribution >= 0.6 is 0 Å². The van der Waals surface area contributed by atoms with Gasteiger partial charge in [-0.25, -0.2) is 38.4 Å².